The summed E-state index contributed by atoms with van der Waals surface area (Å²) in [5.41, 5.74) is 1.36. The molecule has 0 amide bonds. The van der Waals surface area contributed by atoms with Crippen molar-refractivity contribution >= 4 is 0 Å². The number of aromatic hydroxyl groups is 1. The molecule has 93 valence electrons. The molecule has 1 heteroatoms. The predicted octanol–water partition coefficient (Wildman–Crippen LogP) is 4.69. The number of rotatable bonds is 1. The van der Waals surface area contributed by atoms with Gasteiger partial charge in [-0.25, -0.2) is 0 Å². The number of phenolic OH excluding ortho intramolecular Hbond substituents is 1. The van der Waals surface area contributed by atoms with Gasteiger partial charge >= 0.3 is 0 Å². The number of benzene rings is 1. The van der Waals surface area contributed by atoms with Crippen LogP contribution in [0.5, 0.6) is 5.75 Å². The molecule has 1 unspecified atom stereocenters. The molecule has 1 nitrogen and oxygen atoms in total. The van der Waals surface area contributed by atoms with Crippen LogP contribution in [-0.4, -0.2) is 5.11 Å². The van der Waals surface area contributed by atoms with Crippen molar-refractivity contribution in [1.29, 1.82) is 0 Å². The Kier molecular flexibility index (Phi) is 7.69. The molecule has 1 N–H and O–H groups in total. The fourth-order valence-electron chi connectivity index (χ4n) is 2.32. The lowest BCUT2D eigenvalue weighted by Crippen LogP contribution is -2.02. The maximum Gasteiger partial charge on any atom is 0.115 e. The molecule has 2 rings (SSSR count). The summed E-state index contributed by atoms with van der Waals surface area (Å²) in [7, 11) is 0. The molecule has 5 radical (unpaired) electrons. The Labute approximate surface area is 107 Å². The van der Waals surface area contributed by atoms with Gasteiger partial charge in [-0.3, -0.25) is 0 Å². The molecule has 1 aliphatic rings. The van der Waals surface area contributed by atoms with E-state index >= 15 is 0 Å². The van der Waals surface area contributed by atoms with Gasteiger partial charge in [-0.2, -0.15) is 0 Å². The lowest BCUT2D eigenvalue weighted by atomic mass is 9.86. The quantitative estimate of drug-likeness (QED) is 0.743. The van der Waals surface area contributed by atoms with Gasteiger partial charge in [0.15, 0.2) is 0 Å². The first-order chi connectivity index (χ1) is 7.36. The Balaban J connectivity index is 0.00000128. The van der Waals surface area contributed by atoms with Crippen LogP contribution in [0.25, 0.3) is 0 Å². The van der Waals surface area contributed by atoms with Gasteiger partial charge in [-0.1, -0.05) is 52.7 Å². The Bertz CT molecular complexity index is 281. The zero-order valence-corrected chi connectivity index (χ0v) is 10.6. The van der Waals surface area contributed by atoms with Gasteiger partial charge in [0.05, 0.1) is 0 Å². The molecule has 0 spiro atoms. The molecule has 0 bridgehead atoms. The fourth-order valence-corrected chi connectivity index (χ4v) is 2.32. The van der Waals surface area contributed by atoms with Crippen LogP contribution in [0.4, 0.5) is 0 Å². The minimum absolute atomic E-state index is 0. The van der Waals surface area contributed by atoms with Crippen molar-refractivity contribution in [1.82, 2.24) is 0 Å². The van der Waals surface area contributed by atoms with Gasteiger partial charge < -0.3 is 5.11 Å². The minimum atomic E-state index is 0. The van der Waals surface area contributed by atoms with Gasteiger partial charge in [-0.05, 0) is 42.9 Å². The standard InChI is InChI=1S/C14H19O.2CH2/c15-14-10-8-13(9-11-14)12-6-4-2-1-3-5-7-12;;/h6,8-12,15H,1-5,7H2;2*1H2. The first kappa shape index (κ1) is 16.0. The van der Waals surface area contributed by atoms with Gasteiger partial charge in [0.2, 0.25) is 0 Å². The van der Waals surface area contributed by atoms with E-state index in [1.807, 2.05) is 0 Å². The van der Waals surface area contributed by atoms with Crippen molar-refractivity contribution in [3.63, 3.8) is 0 Å². The number of hydrogen-bond donors (Lipinski definition) is 1. The molecular weight excluding hydrogens is 208 g/mol. The van der Waals surface area contributed by atoms with E-state index in [0.717, 1.165) is 0 Å². The summed E-state index contributed by atoms with van der Waals surface area (Å²) in [5.74, 6) is 0.968. The Morgan fingerprint density at radius 2 is 1.53 bits per heavy atom. The minimum Gasteiger partial charge on any atom is -0.508 e. The van der Waals surface area contributed by atoms with E-state index in [9.17, 15) is 5.11 Å². The average Bonchev–Trinajstić information content (AvgIpc) is 2.19. The smallest absolute Gasteiger partial charge is 0.115 e. The SMILES string of the molecule is Oc1ccc(C2[CH]CCCCCC2)cc1.[CH2].[CH2]. The first-order valence-corrected chi connectivity index (χ1v) is 5.98. The van der Waals surface area contributed by atoms with Gasteiger partial charge in [0.1, 0.15) is 5.75 Å². The zero-order valence-electron chi connectivity index (χ0n) is 10.6. The molecule has 0 saturated heterocycles. The summed E-state index contributed by atoms with van der Waals surface area (Å²) < 4.78 is 0. The highest BCUT2D eigenvalue weighted by atomic mass is 16.3. The van der Waals surface area contributed by atoms with Crippen LogP contribution in [0, 0.1) is 21.3 Å². The molecule has 0 aliphatic heterocycles. The maximum absolute atomic E-state index is 9.25. The third-order valence-electron chi connectivity index (χ3n) is 3.24. The Morgan fingerprint density at radius 1 is 0.882 bits per heavy atom. The maximum atomic E-state index is 9.25. The van der Waals surface area contributed by atoms with E-state index in [1.165, 1.54) is 44.1 Å². The van der Waals surface area contributed by atoms with E-state index in [2.05, 4.69) is 18.6 Å². The molecule has 1 fully saturated rings. The van der Waals surface area contributed by atoms with Crippen molar-refractivity contribution in [2.75, 3.05) is 0 Å². The average molecular weight is 231 g/mol. The van der Waals surface area contributed by atoms with E-state index in [1.54, 1.807) is 12.1 Å². The summed E-state index contributed by atoms with van der Waals surface area (Å²) in [6.07, 6.45) is 10.4. The third kappa shape index (κ3) is 4.80. The van der Waals surface area contributed by atoms with Crippen molar-refractivity contribution in [3.8, 4) is 5.75 Å². The lowest BCUT2D eigenvalue weighted by Gasteiger charge is -2.19. The summed E-state index contributed by atoms with van der Waals surface area (Å²) in [6.45, 7) is 0. The molecule has 1 atom stereocenters. The molecule has 1 aliphatic carbocycles. The summed E-state index contributed by atoms with van der Waals surface area (Å²) in [6, 6.07) is 7.69. The normalized spacial score (nSPS) is 17.2. The van der Waals surface area contributed by atoms with Crippen LogP contribution in [0.3, 0.4) is 0 Å². The first-order valence-electron chi connectivity index (χ1n) is 5.98. The Morgan fingerprint density at radius 3 is 2.24 bits per heavy atom. The summed E-state index contributed by atoms with van der Waals surface area (Å²) in [5, 5.41) is 9.25. The van der Waals surface area contributed by atoms with Crippen LogP contribution in [0.1, 0.15) is 50.0 Å². The Hall–Kier alpha value is -0.980. The van der Waals surface area contributed by atoms with Gasteiger partial charge in [0, 0.05) is 0 Å². The number of hydrogen-bond acceptors (Lipinski definition) is 1. The highest BCUT2D eigenvalue weighted by Gasteiger charge is 2.13. The predicted molar refractivity (Wildman–Crippen MR) is 73.6 cm³/mol. The van der Waals surface area contributed by atoms with Crippen LogP contribution in [-0.2, 0) is 0 Å². The zero-order chi connectivity index (χ0) is 10.5. The largest absolute Gasteiger partial charge is 0.508 e. The van der Waals surface area contributed by atoms with Crippen LogP contribution >= 0.6 is 0 Å². The molecule has 1 aromatic rings. The highest BCUT2D eigenvalue weighted by Crippen LogP contribution is 2.30. The molecule has 17 heavy (non-hydrogen) atoms. The summed E-state index contributed by atoms with van der Waals surface area (Å²) in [4.78, 5) is 0. The molecule has 0 heterocycles. The van der Waals surface area contributed by atoms with Crippen LogP contribution in [0.15, 0.2) is 24.3 Å². The van der Waals surface area contributed by atoms with Crippen LogP contribution in [0.2, 0.25) is 0 Å². The molecule has 1 aromatic carbocycles. The third-order valence-corrected chi connectivity index (χ3v) is 3.24. The van der Waals surface area contributed by atoms with E-state index in [4.69, 9.17) is 0 Å². The van der Waals surface area contributed by atoms with Crippen molar-refractivity contribution in [2.24, 2.45) is 0 Å². The molecule has 0 aromatic heterocycles. The lowest BCUT2D eigenvalue weighted by molar-refractivity contribution is 0.474. The highest BCUT2D eigenvalue weighted by molar-refractivity contribution is 5.29. The van der Waals surface area contributed by atoms with Crippen molar-refractivity contribution < 1.29 is 5.11 Å². The second-order valence-electron chi connectivity index (χ2n) is 4.43. The molecular formula is C16H23O. The van der Waals surface area contributed by atoms with Crippen molar-refractivity contribution in [2.45, 2.75) is 44.4 Å². The van der Waals surface area contributed by atoms with Crippen molar-refractivity contribution in [3.05, 3.63) is 51.1 Å². The monoisotopic (exact) mass is 231 g/mol. The molecule has 1 saturated carbocycles. The van der Waals surface area contributed by atoms with Crippen LogP contribution < -0.4 is 0 Å². The summed E-state index contributed by atoms with van der Waals surface area (Å²) >= 11 is 0. The topological polar surface area (TPSA) is 20.2 Å². The fraction of sp³-hybridized carbons (Fsp3) is 0.438. The van der Waals surface area contributed by atoms with Gasteiger partial charge in [0.25, 0.3) is 0 Å². The van der Waals surface area contributed by atoms with Gasteiger partial charge in [-0.15, -0.1) is 0 Å². The second kappa shape index (κ2) is 8.16. The number of phenols is 1. The van der Waals surface area contributed by atoms with E-state index < -0.39 is 0 Å². The second-order valence-corrected chi connectivity index (χ2v) is 4.43. The van der Waals surface area contributed by atoms with E-state index in [-0.39, 0.29) is 14.9 Å². The van der Waals surface area contributed by atoms with E-state index in [0.29, 0.717) is 11.7 Å².